The van der Waals surface area contributed by atoms with Crippen LogP contribution in [0.5, 0.6) is 0 Å². The Balaban J connectivity index is 1.52. The molecule has 1 N–H and O–H groups in total. The number of urea groups is 1. The van der Waals surface area contributed by atoms with Gasteiger partial charge in [-0.05, 0) is 48.1 Å². The minimum Gasteiger partial charge on any atom is -0.381 e. The molecule has 26 heavy (non-hydrogen) atoms. The van der Waals surface area contributed by atoms with Crippen molar-refractivity contribution in [3.8, 4) is 0 Å². The van der Waals surface area contributed by atoms with Crippen LogP contribution in [0.3, 0.4) is 0 Å². The van der Waals surface area contributed by atoms with Crippen LogP contribution in [-0.4, -0.2) is 42.6 Å². The molecule has 2 atom stereocenters. The summed E-state index contributed by atoms with van der Waals surface area (Å²) in [5.41, 5.74) is 2.79. The summed E-state index contributed by atoms with van der Waals surface area (Å²) in [5, 5.41) is 2.94. The smallest absolute Gasteiger partial charge is 0.324 e. The van der Waals surface area contributed by atoms with Gasteiger partial charge in [0.2, 0.25) is 0 Å². The van der Waals surface area contributed by atoms with Crippen molar-refractivity contribution in [2.75, 3.05) is 19.8 Å². The van der Waals surface area contributed by atoms with E-state index in [-0.39, 0.29) is 35.2 Å². The van der Waals surface area contributed by atoms with Crippen molar-refractivity contribution in [3.63, 3.8) is 0 Å². The van der Waals surface area contributed by atoms with Crippen molar-refractivity contribution < 1.29 is 14.3 Å². The molecule has 0 radical (unpaired) electrons. The van der Waals surface area contributed by atoms with E-state index >= 15 is 0 Å². The van der Waals surface area contributed by atoms with Gasteiger partial charge >= 0.3 is 6.03 Å². The molecule has 3 amide bonds. The van der Waals surface area contributed by atoms with Crippen molar-refractivity contribution in [2.45, 2.75) is 56.9 Å². The molecule has 0 bridgehead atoms. The van der Waals surface area contributed by atoms with Crippen molar-refractivity contribution in [1.82, 2.24) is 10.2 Å². The molecule has 2 fully saturated rings. The van der Waals surface area contributed by atoms with Gasteiger partial charge in [-0.3, -0.25) is 9.69 Å². The Hall–Kier alpha value is -1.88. The number of amides is 3. The third-order valence-electron chi connectivity index (χ3n) is 6.44. The molecule has 0 aromatic heterocycles. The second kappa shape index (κ2) is 6.69. The number of nitrogens with zero attached hydrogens (tertiary/aromatic N) is 1. The maximum Gasteiger partial charge on any atom is 0.324 e. The van der Waals surface area contributed by atoms with E-state index in [4.69, 9.17) is 4.74 Å². The summed E-state index contributed by atoms with van der Waals surface area (Å²) in [6.45, 7) is 6.39. The fraction of sp³-hybridized carbons (Fsp3) is 0.619. The van der Waals surface area contributed by atoms with Crippen molar-refractivity contribution >= 4 is 11.9 Å². The van der Waals surface area contributed by atoms with Gasteiger partial charge in [-0.1, -0.05) is 38.1 Å². The number of carbonyl (C=O) groups excluding carboxylic acids is 2. The quantitative estimate of drug-likeness (QED) is 0.846. The summed E-state index contributed by atoms with van der Waals surface area (Å²) in [6, 6.07) is 7.89. The SMILES string of the molecule is CC1(C)CCC(CN2C(=O)NC(C3CCOCC3)C2=O)c2ccccc21. The van der Waals surface area contributed by atoms with E-state index in [0.29, 0.717) is 19.8 Å². The first-order chi connectivity index (χ1) is 12.5. The van der Waals surface area contributed by atoms with Crippen LogP contribution in [0.15, 0.2) is 24.3 Å². The lowest BCUT2D eigenvalue weighted by Gasteiger charge is -2.38. The molecule has 3 aliphatic rings. The monoisotopic (exact) mass is 356 g/mol. The number of fused-ring (bicyclic) bond motifs is 1. The topological polar surface area (TPSA) is 58.6 Å². The fourth-order valence-electron chi connectivity index (χ4n) is 4.79. The number of rotatable bonds is 3. The second-order valence-corrected chi connectivity index (χ2v) is 8.53. The molecule has 4 rings (SSSR count). The number of benzene rings is 1. The highest BCUT2D eigenvalue weighted by atomic mass is 16.5. The average Bonchev–Trinajstić information content (AvgIpc) is 2.93. The summed E-state index contributed by atoms with van der Waals surface area (Å²) in [4.78, 5) is 26.9. The molecule has 2 aliphatic heterocycles. The van der Waals surface area contributed by atoms with Gasteiger partial charge < -0.3 is 10.1 Å². The molecular formula is C21H28N2O3. The zero-order valence-corrected chi connectivity index (χ0v) is 15.7. The van der Waals surface area contributed by atoms with E-state index in [1.54, 1.807) is 0 Å². The van der Waals surface area contributed by atoms with Gasteiger partial charge in [0.25, 0.3) is 5.91 Å². The summed E-state index contributed by atoms with van der Waals surface area (Å²) < 4.78 is 5.39. The maximum absolute atomic E-state index is 12.9. The lowest BCUT2D eigenvalue weighted by atomic mass is 9.68. The Morgan fingerprint density at radius 3 is 2.65 bits per heavy atom. The number of hydrogen-bond donors (Lipinski definition) is 1. The summed E-state index contributed by atoms with van der Waals surface area (Å²) in [7, 11) is 0. The molecule has 5 heteroatoms. The molecule has 1 aromatic rings. The van der Waals surface area contributed by atoms with Gasteiger partial charge in [0, 0.05) is 25.7 Å². The van der Waals surface area contributed by atoms with E-state index in [1.807, 2.05) is 0 Å². The van der Waals surface area contributed by atoms with Gasteiger partial charge in [0.1, 0.15) is 6.04 Å². The number of carbonyl (C=O) groups is 2. The highest BCUT2D eigenvalue weighted by Crippen LogP contribution is 2.43. The van der Waals surface area contributed by atoms with E-state index in [1.165, 1.54) is 16.0 Å². The van der Waals surface area contributed by atoms with Crippen LogP contribution in [0.2, 0.25) is 0 Å². The molecule has 140 valence electrons. The van der Waals surface area contributed by atoms with Gasteiger partial charge in [0.05, 0.1) is 0 Å². The molecule has 1 aromatic carbocycles. The zero-order chi connectivity index (χ0) is 18.3. The van der Waals surface area contributed by atoms with Crippen LogP contribution in [0.1, 0.15) is 56.6 Å². The normalized spacial score (nSPS) is 28.8. The van der Waals surface area contributed by atoms with Gasteiger partial charge in [-0.15, -0.1) is 0 Å². The Labute approximate surface area is 155 Å². The molecule has 0 spiro atoms. The molecule has 0 saturated carbocycles. The number of nitrogens with one attached hydrogen (secondary N) is 1. The summed E-state index contributed by atoms with van der Waals surface area (Å²) in [5.74, 6) is 0.370. The van der Waals surface area contributed by atoms with Crippen molar-refractivity contribution in [3.05, 3.63) is 35.4 Å². The first-order valence-electron chi connectivity index (χ1n) is 9.76. The zero-order valence-electron chi connectivity index (χ0n) is 15.7. The summed E-state index contributed by atoms with van der Waals surface area (Å²) in [6.07, 6.45) is 3.75. The van der Waals surface area contributed by atoms with E-state index in [0.717, 1.165) is 25.7 Å². The number of ether oxygens (including phenoxy) is 1. The van der Waals surface area contributed by atoms with Crippen LogP contribution < -0.4 is 5.32 Å². The lowest BCUT2D eigenvalue weighted by Crippen LogP contribution is -2.41. The highest BCUT2D eigenvalue weighted by molar-refractivity contribution is 6.04. The molecule has 2 heterocycles. The minimum atomic E-state index is -0.373. The largest absolute Gasteiger partial charge is 0.381 e. The third-order valence-corrected chi connectivity index (χ3v) is 6.44. The van der Waals surface area contributed by atoms with Gasteiger partial charge in [-0.2, -0.15) is 0 Å². The minimum absolute atomic E-state index is 0.0517. The average molecular weight is 356 g/mol. The first-order valence-corrected chi connectivity index (χ1v) is 9.76. The van der Waals surface area contributed by atoms with E-state index in [9.17, 15) is 9.59 Å². The van der Waals surface area contributed by atoms with Crippen LogP contribution in [0.25, 0.3) is 0 Å². The van der Waals surface area contributed by atoms with Crippen LogP contribution in [0.4, 0.5) is 4.79 Å². The maximum atomic E-state index is 12.9. The van der Waals surface area contributed by atoms with Gasteiger partial charge in [0.15, 0.2) is 0 Å². The summed E-state index contributed by atoms with van der Waals surface area (Å²) >= 11 is 0. The predicted octanol–water partition coefficient (Wildman–Crippen LogP) is 3.19. The van der Waals surface area contributed by atoms with Crippen LogP contribution in [0, 0.1) is 5.92 Å². The Kier molecular flexibility index (Phi) is 4.51. The van der Waals surface area contributed by atoms with Crippen molar-refractivity contribution in [1.29, 1.82) is 0 Å². The van der Waals surface area contributed by atoms with Crippen LogP contribution >= 0.6 is 0 Å². The fourth-order valence-corrected chi connectivity index (χ4v) is 4.79. The number of hydrogen-bond acceptors (Lipinski definition) is 3. The highest BCUT2D eigenvalue weighted by Gasteiger charge is 2.44. The molecule has 2 saturated heterocycles. The Bertz CT molecular complexity index is 709. The second-order valence-electron chi connectivity index (χ2n) is 8.53. The lowest BCUT2D eigenvalue weighted by molar-refractivity contribution is -0.129. The van der Waals surface area contributed by atoms with Gasteiger partial charge in [-0.25, -0.2) is 4.79 Å². The molecule has 5 nitrogen and oxygen atoms in total. The standard InChI is InChI=1S/C21H28N2O3/c1-21(2)10-7-15(16-5-3-4-6-17(16)21)13-23-19(24)18(22-20(23)25)14-8-11-26-12-9-14/h3-6,14-15,18H,7-13H2,1-2H3,(H,22,25). The third kappa shape index (κ3) is 3.02. The molecular weight excluding hydrogens is 328 g/mol. The molecule has 2 unspecified atom stereocenters. The first kappa shape index (κ1) is 17.5. The van der Waals surface area contributed by atoms with Crippen LogP contribution in [-0.2, 0) is 14.9 Å². The Morgan fingerprint density at radius 2 is 1.88 bits per heavy atom. The van der Waals surface area contributed by atoms with E-state index in [2.05, 4.69) is 43.4 Å². The van der Waals surface area contributed by atoms with Crippen molar-refractivity contribution in [2.24, 2.45) is 5.92 Å². The molecule has 1 aliphatic carbocycles. The number of imide groups is 1. The Morgan fingerprint density at radius 1 is 1.15 bits per heavy atom. The predicted molar refractivity (Wildman–Crippen MR) is 99.0 cm³/mol. The van der Waals surface area contributed by atoms with E-state index < -0.39 is 0 Å².